The van der Waals surface area contributed by atoms with Gasteiger partial charge in [0.15, 0.2) is 12.2 Å². The molecule has 95 heavy (non-hydrogen) atoms. The molecule has 0 radical (unpaired) electrons. The Morgan fingerprint density at radius 2 is 0.505 bits per heavy atom. The molecular formula is C76H148O17P2. The van der Waals surface area contributed by atoms with Gasteiger partial charge in [0, 0.05) is 25.7 Å². The number of rotatable bonds is 76. The molecule has 0 aromatic rings. The van der Waals surface area contributed by atoms with Crippen LogP contribution < -0.4 is 0 Å². The van der Waals surface area contributed by atoms with Gasteiger partial charge in [0.25, 0.3) is 0 Å². The van der Waals surface area contributed by atoms with Gasteiger partial charge in [-0.05, 0) is 31.6 Å². The van der Waals surface area contributed by atoms with Crippen molar-refractivity contribution in [1.29, 1.82) is 0 Å². The summed E-state index contributed by atoms with van der Waals surface area (Å²) in [7, 11) is -9.91. The average molecular weight is 1400 g/mol. The molecule has 3 unspecified atom stereocenters. The van der Waals surface area contributed by atoms with Crippen molar-refractivity contribution < 1.29 is 80.2 Å². The van der Waals surface area contributed by atoms with Crippen LogP contribution in [0.3, 0.4) is 0 Å². The predicted octanol–water partition coefficient (Wildman–Crippen LogP) is 22.5. The number of esters is 4. The summed E-state index contributed by atoms with van der Waals surface area (Å²) in [5.41, 5.74) is 0. The molecule has 6 atom stereocenters. The Balaban J connectivity index is 5.25. The molecule has 0 spiro atoms. The third-order valence-corrected chi connectivity index (χ3v) is 20.0. The molecule has 0 aromatic carbocycles. The Labute approximate surface area is 581 Å². The van der Waals surface area contributed by atoms with Crippen LogP contribution in [0.4, 0.5) is 0 Å². The molecule has 0 saturated heterocycles. The van der Waals surface area contributed by atoms with Gasteiger partial charge in [-0.15, -0.1) is 0 Å². The monoisotopic (exact) mass is 1400 g/mol. The first kappa shape index (κ1) is 93.1. The van der Waals surface area contributed by atoms with Crippen LogP contribution in [0.1, 0.15) is 401 Å². The highest BCUT2D eigenvalue weighted by Crippen LogP contribution is 2.45. The van der Waals surface area contributed by atoms with Crippen molar-refractivity contribution in [1.82, 2.24) is 0 Å². The smallest absolute Gasteiger partial charge is 0.462 e. The minimum absolute atomic E-state index is 0.106. The first-order valence-corrected chi connectivity index (χ1v) is 42.7. The molecule has 0 rings (SSSR count). The maximum Gasteiger partial charge on any atom is 0.472 e. The molecule has 0 aliphatic heterocycles. The zero-order valence-corrected chi connectivity index (χ0v) is 63.6. The number of hydrogen-bond acceptors (Lipinski definition) is 15. The Morgan fingerprint density at radius 1 is 0.295 bits per heavy atom. The van der Waals surface area contributed by atoms with Crippen molar-refractivity contribution in [2.45, 2.75) is 419 Å². The summed E-state index contributed by atoms with van der Waals surface area (Å²) < 4.78 is 68.6. The normalized spacial score (nSPS) is 14.2. The van der Waals surface area contributed by atoms with Crippen molar-refractivity contribution in [2.75, 3.05) is 39.6 Å². The van der Waals surface area contributed by atoms with Gasteiger partial charge in [0.2, 0.25) is 0 Å². The average Bonchev–Trinajstić information content (AvgIpc) is 2.67. The van der Waals surface area contributed by atoms with Crippen LogP contribution >= 0.6 is 15.6 Å². The molecular weight excluding hydrogens is 1250 g/mol. The van der Waals surface area contributed by atoms with Gasteiger partial charge in [-0.2, -0.15) is 0 Å². The maximum absolute atomic E-state index is 13.1. The number of phosphoric ester groups is 2. The maximum atomic E-state index is 13.1. The number of hydrogen-bond donors (Lipinski definition) is 3. The molecule has 19 heteroatoms. The van der Waals surface area contributed by atoms with Gasteiger partial charge in [-0.25, -0.2) is 9.13 Å². The van der Waals surface area contributed by atoms with E-state index in [4.69, 9.17) is 37.0 Å². The van der Waals surface area contributed by atoms with Crippen molar-refractivity contribution in [2.24, 2.45) is 5.92 Å². The van der Waals surface area contributed by atoms with Crippen LogP contribution in [0, 0.1) is 5.92 Å². The molecule has 3 N–H and O–H groups in total. The van der Waals surface area contributed by atoms with Gasteiger partial charge in [0.05, 0.1) is 26.4 Å². The minimum atomic E-state index is -4.96. The standard InChI is InChI=1S/C76H148O17P2/c1-6-10-13-16-19-22-25-28-30-31-32-34-37-40-46-51-56-61-75(80)92-71(65-86-74(79)60-55-50-45-39-36-33-29-26-23-20-17-14-11-7-2)67-90-94(82,83)88-63-70(77)64-89-95(84,85)91-68-72(93-76(81)62-57-52-47-42-41-43-48-53-58-69(5)9-4)66-87-73(78)59-54-49-44-38-35-27-24-21-18-15-12-8-3/h69-72,77H,6-68H2,1-5H3,(H,82,83)(H,84,85)/t69?,70-,71-,72-/m1/s1. The minimum Gasteiger partial charge on any atom is -0.462 e. The number of ether oxygens (including phenoxy) is 4. The number of aliphatic hydroxyl groups excluding tert-OH is 1. The lowest BCUT2D eigenvalue weighted by molar-refractivity contribution is -0.161. The largest absolute Gasteiger partial charge is 0.472 e. The van der Waals surface area contributed by atoms with E-state index in [-0.39, 0.29) is 25.7 Å². The predicted molar refractivity (Wildman–Crippen MR) is 386 cm³/mol. The Hall–Kier alpha value is -1.94. The van der Waals surface area contributed by atoms with Crippen molar-refractivity contribution in [3.8, 4) is 0 Å². The molecule has 0 aliphatic rings. The van der Waals surface area contributed by atoms with Gasteiger partial charge >= 0.3 is 39.5 Å². The first-order chi connectivity index (χ1) is 46.1. The second-order valence-corrected chi connectivity index (χ2v) is 30.5. The topological polar surface area (TPSA) is 237 Å². The second-order valence-electron chi connectivity index (χ2n) is 27.6. The van der Waals surface area contributed by atoms with Crippen LogP contribution in [0.15, 0.2) is 0 Å². The van der Waals surface area contributed by atoms with Gasteiger partial charge in [-0.3, -0.25) is 37.3 Å². The lowest BCUT2D eigenvalue weighted by Gasteiger charge is -2.21. The number of carbonyl (C=O) groups is 4. The molecule has 0 amide bonds. The third kappa shape index (κ3) is 69.0. The summed E-state index contributed by atoms with van der Waals surface area (Å²) in [5.74, 6) is -1.34. The zero-order valence-electron chi connectivity index (χ0n) is 61.8. The molecule has 0 saturated carbocycles. The summed E-state index contributed by atoms with van der Waals surface area (Å²) in [6.45, 7) is 7.30. The number of aliphatic hydroxyl groups is 1. The van der Waals surface area contributed by atoms with E-state index < -0.39 is 97.5 Å². The lowest BCUT2D eigenvalue weighted by Crippen LogP contribution is -2.30. The highest BCUT2D eigenvalue weighted by atomic mass is 31.2. The Kier molecular flexibility index (Phi) is 67.7. The second kappa shape index (κ2) is 69.2. The van der Waals surface area contributed by atoms with Crippen LogP contribution in [0.25, 0.3) is 0 Å². The van der Waals surface area contributed by atoms with Crippen LogP contribution in [0.5, 0.6) is 0 Å². The van der Waals surface area contributed by atoms with E-state index in [1.54, 1.807) is 0 Å². The first-order valence-electron chi connectivity index (χ1n) is 39.7. The molecule has 0 bridgehead atoms. The summed E-state index contributed by atoms with van der Waals surface area (Å²) in [4.78, 5) is 72.8. The van der Waals surface area contributed by atoms with Crippen LogP contribution in [-0.2, 0) is 65.4 Å². The molecule has 0 heterocycles. The quantitative estimate of drug-likeness (QED) is 0.0222. The van der Waals surface area contributed by atoms with Gasteiger partial charge in [-0.1, -0.05) is 349 Å². The molecule has 0 aromatic heterocycles. The summed E-state index contributed by atoms with van der Waals surface area (Å²) >= 11 is 0. The van der Waals surface area contributed by atoms with E-state index in [1.165, 1.54) is 225 Å². The summed E-state index contributed by atoms with van der Waals surface area (Å²) in [6.07, 6.45) is 58.1. The van der Waals surface area contributed by atoms with E-state index in [1.807, 2.05) is 0 Å². The fourth-order valence-corrected chi connectivity index (χ4v) is 13.3. The van der Waals surface area contributed by atoms with Gasteiger partial charge in [0.1, 0.15) is 19.3 Å². The van der Waals surface area contributed by atoms with E-state index in [0.717, 1.165) is 95.8 Å². The fraction of sp³-hybridized carbons (Fsp3) is 0.947. The van der Waals surface area contributed by atoms with E-state index in [2.05, 4.69) is 34.6 Å². The van der Waals surface area contributed by atoms with Crippen molar-refractivity contribution >= 4 is 39.5 Å². The fourth-order valence-electron chi connectivity index (χ4n) is 11.7. The van der Waals surface area contributed by atoms with Gasteiger partial charge < -0.3 is 33.8 Å². The number of unbranched alkanes of at least 4 members (excludes halogenated alkanes) is 47. The van der Waals surface area contributed by atoms with Crippen LogP contribution in [0.2, 0.25) is 0 Å². The molecule has 564 valence electrons. The van der Waals surface area contributed by atoms with Crippen molar-refractivity contribution in [3.05, 3.63) is 0 Å². The van der Waals surface area contributed by atoms with E-state index in [9.17, 15) is 43.2 Å². The third-order valence-electron chi connectivity index (χ3n) is 18.1. The lowest BCUT2D eigenvalue weighted by atomic mass is 9.99. The number of phosphoric acid groups is 2. The van der Waals surface area contributed by atoms with Crippen LogP contribution in [-0.4, -0.2) is 96.7 Å². The zero-order chi connectivity index (χ0) is 69.8. The Morgan fingerprint density at radius 3 is 0.747 bits per heavy atom. The summed E-state index contributed by atoms with van der Waals surface area (Å²) in [5, 5.41) is 10.6. The molecule has 0 aliphatic carbocycles. The van der Waals surface area contributed by atoms with E-state index in [0.29, 0.717) is 25.7 Å². The van der Waals surface area contributed by atoms with Crippen molar-refractivity contribution in [3.63, 3.8) is 0 Å². The Bertz CT molecular complexity index is 1820. The molecule has 0 fully saturated rings. The summed E-state index contributed by atoms with van der Waals surface area (Å²) in [6, 6.07) is 0. The highest BCUT2D eigenvalue weighted by molar-refractivity contribution is 7.47. The SMILES string of the molecule is CCCCCCCCCCCCCCCCCCCC(=O)O[C@H](COC(=O)CCCCCCCCCCCCCCCC)COP(=O)(O)OC[C@@H](O)COP(=O)(O)OC[C@@H](COC(=O)CCCCCCCCCCCCCC)OC(=O)CCCCCCCCCCC(C)CC. The molecule has 17 nitrogen and oxygen atoms in total. The van der Waals surface area contributed by atoms with E-state index >= 15 is 0 Å². The highest BCUT2D eigenvalue weighted by Gasteiger charge is 2.30. The number of carbonyl (C=O) groups excluding carboxylic acids is 4.